The van der Waals surface area contributed by atoms with E-state index in [1.54, 1.807) is 12.3 Å². The lowest BCUT2D eigenvalue weighted by molar-refractivity contribution is -0.140. The standard InChI is InChI=1S/C9H7F2NOS/c1-14-12-7-5-3-2-4-6(7)9(10,11)8(12)13/h2-5H,1H3. The number of halogens is 2. The Morgan fingerprint density at radius 3 is 2.64 bits per heavy atom. The van der Waals surface area contributed by atoms with Crippen LogP contribution in [0.25, 0.3) is 0 Å². The topological polar surface area (TPSA) is 20.3 Å². The van der Waals surface area contributed by atoms with Gasteiger partial charge in [-0.1, -0.05) is 18.2 Å². The zero-order valence-corrected chi connectivity index (χ0v) is 8.15. The molecular formula is C9H7F2NOS. The predicted octanol–water partition coefficient (Wildman–Crippen LogP) is 2.40. The average molecular weight is 215 g/mol. The molecule has 1 aromatic carbocycles. The number of carbonyl (C=O) groups excluding carboxylic acids is 1. The maximum absolute atomic E-state index is 13.4. The molecule has 0 N–H and O–H groups in total. The number of hydrogen-bond acceptors (Lipinski definition) is 2. The molecule has 1 aliphatic heterocycles. The van der Waals surface area contributed by atoms with E-state index in [4.69, 9.17) is 0 Å². The summed E-state index contributed by atoms with van der Waals surface area (Å²) in [5.41, 5.74) is 0.0781. The highest BCUT2D eigenvalue weighted by molar-refractivity contribution is 8.00. The van der Waals surface area contributed by atoms with Gasteiger partial charge >= 0.3 is 11.8 Å². The molecule has 0 unspecified atom stereocenters. The van der Waals surface area contributed by atoms with Gasteiger partial charge in [0, 0.05) is 6.26 Å². The minimum atomic E-state index is -3.38. The molecule has 5 heteroatoms. The van der Waals surface area contributed by atoms with Gasteiger partial charge in [-0.05, 0) is 18.0 Å². The first-order chi connectivity index (χ1) is 6.59. The Morgan fingerprint density at radius 2 is 2.00 bits per heavy atom. The molecule has 0 aliphatic carbocycles. The number of para-hydroxylation sites is 1. The van der Waals surface area contributed by atoms with Gasteiger partial charge in [0.15, 0.2) is 0 Å². The van der Waals surface area contributed by atoms with Gasteiger partial charge in [0.2, 0.25) is 0 Å². The monoisotopic (exact) mass is 215 g/mol. The second kappa shape index (κ2) is 2.95. The second-order valence-electron chi connectivity index (χ2n) is 2.87. The van der Waals surface area contributed by atoms with E-state index in [9.17, 15) is 13.6 Å². The zero-order chi connectivity index (χ0) is 10.3. The van der Waals surface area contributed by atoms with Gasteiger partial charge in [0.1, 0.15) is 0 Å². The highest BCUT2D eigenvalue weighted by atomic mass is 32.2. The Morgan fingerprint density at radius 1 is 1.36 bits per heavy atom. The molecule has 2 rings (SSSR count). The Hall–Kier alpha value is -1.10. The van der Waals surface area contributed by atoms with Gasteiger partial charge in [-0.2, -0.15) is 8.78 Å². The van der Waals surface area contributed by atoms with Crippen LogP contribution in [0.15, 0.2) is 24.3 Å². The van der Waals surface area contributed by atoms with Crippen LogP contribution < -0.4 is 4.31 Å². The zero-order valence-electron chi connectivity index (χ0n) is 7.33. The fourth-order valence-corrected chi connectivity index (χ4v) is 2.09. The van der Waals surface area contributed by atoms with Crippen LogP contribution in [0, 0.1) is 0 Å². The third-order valence-corrected chi connectivity index (χ3v) is 2.82. The smallest absolute Gasteiger partial charge is 0.266 e. The van der Waals surface area contributed by atoms with Crippen molar-refractivity contribution in [2.45, 2.75) is 5.92 Å². The highest BCUT2D eigenvalue weighted by Gasteiger charge is 2.52. The largest absolute Gasteiger partial charge is 0.353 e. The van der Waals surface area contributed by atoms with Crippen molar-refractivity contribution in [3.63, 3.8) is 0 Å². The minimum absolute atomic E-state index is 0.209. The summed E-state index contributed by atoms with van der Waals surface area (Å²) in [6.45, 7) is 0. The Kier molecular flexibility index (Phi) is 1.99. The lowest BCUT2D eigenvalue weighted by atomic mass is 10.1. The van der Waals surface area contributed by atoms with Crippen LogP contribution in [0.5, 0.6) is 0 Å². The lowest BCUT2D eigenvalue weighted by Gasteiger charge is -2.12. The summed E-state index contributed by atoms with van der Waals surface area (Å²) in [4.78, 5) is 11.3. The Bertz CT molecular complexity index is 394. The van der Waals surface area contributed by atoms with Gasteiger partial charge in [-0.3, -0.25) is 4.79 Å². The number of benzene rings is 1. The number of amides is 1. The molecular weight excluding hydrogens is 208 g/mol. The fraction of sp³-hybridized carbons (Fsp3) is 0.222. The van der Waals surface area contributed by atoms with Gasteiger partial charge in [0.25, 0.3) is 0 Å². The molecule has 14 heavy (non-hydrogen) atoms. The molecule has 0 atom stereocenters. The average Bonchev–Trinajstić information content (AvgIpc) is 2.37. The van der Waals surface area contributed by atoms with Crippen molar-refractivity contribution in [1.82, 2.24) is 0 Å². The molecule has 1 heterocycles. The molecule has 0 radical (unpaired) electrons. The van der Waals surface area contributed by atoms with Crippen molar-refractivity contribution >= 4 is 23.5 Å². The van der Waals surface area contributed by atoms with E-state index in [1.165, 1.54) is 18.2 Å². The number of carbonyl (C=O) groups is 1. The third kappa shape index (κ3) is 1.05. The van der Waals surface area contributed by atoms with Crippen LogP contribution in [-0.4, -0.2) is 12.2 Å². The molecule has 0 fully saturated rings. The van der Waals surface area contributed by atoms with Crippen LogP contribution in [0.2, 0.25) is 0 Å². The van der Waals surface area contributed by atoms with Crippen molar-refractivity contribution in [2.24, 2.45) is 0 Å². The van der Waals surface area contributed by atoms with Gasteiger partial charge in [-0.25, -0.2) is 4.31 Å². The first kappa shape index (κ1) is 9.45. The van der Waals surface area contributed by atoms with E-state index in [0.717, 1.165) is 16.3 Å². The molecule has 1 aliphatic rings. The van der Waals surface area contributed by atoms with Crippen molar-refractivity contribution in [2.75, 3.05) is 10.6 Å². The minimum Gasteiger partial charge on any atom is -0.266 e. The van der Waals surface area contributed by atoms with Crippen LogP contribution in [-0.2, 0) is 10.7 Å². The molecule has 0 saturated carbocycles. The fourth-order valence-electron chi connectivity index (χ4n) is 1.45. The molecule has 2 nitrogen and oxygen atoms in total. The summed E-state index contributed by atoms with van der Waals surface area (Å²) in [5.74, 6) is -4.54. The van der Waals surface area contributed by atoms with Gasteiger partial charge in [0.05, 0.1) is 11.3 Å². The number of hydrogen-bond donors (Lipinski definition) is 0. The molecule has 0 aromatic heterocycles. The SMILES string of the molecule is CSN1C(=O)C(F)(F)c2ccccc21. The van der Waals surface area contributed by atoms with Crippen LogP contribution in [0.1, 0.15) is 5.56 Å². The van der Waals surface area contributed by atoms with Crippen LogP contribution in [0.4, 0.5) is 14.5 Å². The third-order valence-electron chi connectivity index (χ3n) is 2.10. The van der Waals surface area contributed by atoms with Crippen LogP contribution >= 0.6 is 11.9 Å². The normalized spacial score (nSPS) is 18.5. The van der Waals surface area contributed by atoms with Crippen molar-refractivity contribution in [3.05, 3.63) is 29.8 Å². The number of nitrogens with zero attached hydrogens (tertiary/aromatic N) is 1. The van der Waals surface area contributed by atoms with E-state index < -0.39 is 11.8 Å². The maximum atomic E-state index is 13.4. The van der Waals surface area contributed by atoms with E-state index in [-0.39, 0.29) is 11.3 Å². The second-order valence-corrected chi connectivity index (χ2v) is 3.60. The Labute approximate surface area is 84.0 Å². The van der Waals surface area contributed by atoms with Crippen molar-refractivity contribution < 1.29 is 13.6 Å². The summed E-state index contributed by atoms with van der Waals surface area (Å²) in [6.07, 6.45) is 1.59. The predicted molar refractivity (Wildman–Crippen MR) is 51.3 cm³/mol. The molecule has 0 saturated heterocycles. The summed E-state index contributed by atoms with van der Waals surface area (Å²) in [7, 11) is 0. The molecule has 0 spiro atoms. The number of rotatable bonds is 1. The molecule has 1 amide bonds. The van der Waals surface area contributed by atoms with E-state index >= 15 is 0 Å². The highest BCUT2D eigenvalue weighted by Crippen LogP contribution is 2.46. The maximum Gasteiger partial charge on any atom is 0.353 e. The Balaban J connectivity index is 2.62. The van der Waals surface area contributed by atoms with Crippen molar-refractivity contribution in [1.29, 1.82) is 0 Å². The van der Waals surface area contributed by atoms with Gasteiger partial charge < -0.3 is 0 Å². The summed E-state index contributed by atoms with van der Waals surface area (Å²) in [5, 5.41) is 0. The van der Waals surface area contributed by atoms with E-state index in [0.29, 0.717) is 0 Å². The number of fused-ring (bicyclic) bond motifs is 1. The summed E-state index contributed by atoms with van der Waals surface area (Å²) in [6, 6.07) is 5.94. The van der Waals surface area contributed by atoms with Crippen LogP contribution in [0.3, 0.4) is 0 Å². The number of alkyl halides is 2. The molecule has 1 aromatic rings. The quantitative estimate of drug-likeness (QED) is 0.670. The summed E-state index contributed by atoms with van der Waals surface area (Å²) >= 11 is 0.989. The number of anilines is 1. The lowest BCUT2D eigenvalue weighted by Crippen LogP contribution is -2.29. The van der Waals surface area contributed by atoms with Gasteiger partial charge in [-0.15, -0.1) is 0 Å². The summed E-state index contributed by atoms with van der Waals surface area (Å²) < 4.78 is 27.7. The molecule has 0 bridgehead atoms. The molecule has 74 valence electrons. The van der Waals surface area contributed by atoms with E-state index in [2.05, 4.69) is 0 Å². The van der Waals surface area contributed by atoms with Crippen molar-refractivity contribution in [3.8, 4) is 0 Å². The first-order valence-corrected chi connectivity index (χ1v) is 5.13. The first-order valence-electron chi connectivity index (χ1n) is 3.95. The van der Waals surface area contributed by atoms with E-state index in [1.807, 2.05) is 0 Å².